The van der Waals surface area contributed by atoms with Gasteiger partial charge in [0.05, 0.1) is 7.11 Å². The Hall–Kier alpha value is -1.26. The van der Waals surface area contributed by atoms with Gasteiger partial charge in [-0.2, -0.15) is 0 Å². The zero-order valence-electron chi connectivity index (χ0n) is 9.94. The molecule has 0 spiro atoms. The second kappa shape index (κ2) is 3.64. The molecule has 0 aliphatic carbocycles. The predicted molar refractivity (Wildman–Crippen MR) is 58.5 cm³/mol. The molecule has 4 heteroatoms. The van der Waals surface area contributed by atoms with E-state index in [2.05, 4.69) is 0 Å². The van der Waals surface area contributed by atoms with E-state index in [-0.39, 0.29) is 0 Å². The molecule has 88 valence electrons. The highest BCUT2D eigenvalue weighted by Gasteiger charge is 2.69. The van der Waals surface area contributed by atoms with Crippen LogP contribution in [0.2, 0.25) is 0 Å². The van der Waals surface area contributed by atoms with Gasteiger partial charge in [0.15, 0.2) is 5.60 Å². The van der Waals surface area contributed by atoms with Crippen molar-refractivity contribution in [3.63, 3.8) is 0 Å². The molecule has 0 amide bonds. The molecule has 1 atom stereocenters. The first-order valence-electron chi connectivity index (χ1n) is 5.11. The lowest BCUT2D eigenvalue weighted by Crippen LogP contribution is -2.30. The standard InChI is InChI=1S/C12H16O4/c1-11(2)12(14-4,16-11)15-10-7-5-9(13-3)6-8-10/h5-8H,1-4H3. The summed E-state index contributed by atoms with van der Waals surface area (Å²) in [4.78, 5) is 0. The fourth-order valence-electron chi connectivity index (χ4n) is 1.58. The molecule has 0 saturated carbocycles. The maximum absolute atomic E-state index is 5.68. The first-order valence-corrected chi connectivity index (χ1v) is 5.11. The van der Waals surface area contributed by atoms with Gasteiger partial charge in [0.25, 0.3) is 0 Å². The smallest absolute Gasteiger partial charge is 0.358 e. The third kappa shape index (κ3) is 1.74. The van der Waals surface area contributed by atoms with Crippen LogP contribution in [0.5, 0.6) is 11.5 Å². The molecule has 0 N–H and O–H groups in total. The lowest BCUT2D eigenvalue weighted by molar-refractivity contribution is -0.156. The SMILES string of the molecule is COc1ccc(OC2(OC)OC2(C)C)cc1. The monoisotopic (exact) mass is 224 g/mol. The fraction of sp³-hybridized carbons (Fsp3) is 0.500. The van der Waals surface area contributed by atoms with E-state index < -0.39 is 11.6 Å². The van der Waals surface area contributed by atoms with E-state index >= 15 is 0 Å². The zero-order valence-corrected chi connectivity index (χ0v) is 9.94. The van der Waals surface area contributed by atoms with Crippen LogP contribution in [-0.4, -0.2) is 25.8 Å². The number of methoxy groups -OCH3 is 2. The molecule has 0 aromatic heterocycles. The third-order valence-corrected chi connectivity index (χ3v) is 2.67. The summed E-state index contributed by atoms with van der Waals surface area (Å²) in [5, 5.41) is 0. The molecule has 0 radical (unpaired) electrons. The second-order valence-corrected chi connectivity index (χ2v) is 4.15. The van der Waals surface area contributed by atoms with Crippen molar-refractivity contribution in [1.82, 2.24) is 0 Å². The molecule has 4 nitrogen and oxygen atoms in total. The van der Waals surface area contributed by atoms with Crippen molar-refractivity contribution in [1.29, 1.82) is 0 Å². The molecule has 16 heavy (non-hydrogen) atoms. The Kier molecular flexibility index (Phi) is 2.56. The summed E-state index contributed by atoms with van der Waals surface area (Å²) in [6, 6.07) is 7.29. The van der Waals surface area contributed by atoms with E-state index in [4.69, 9.17) is 18.9 Å². The van der Waals surface area contributed by atoms with Gasteiger partial charge >= 0.3 is 5.97 Å². The lowest BCUT2D eigenvalue weighted by Gasteiger charge is -2.15. The van der Waals surface area contributed by atoms with Crippen LogP contribution in [0.4, 0.5) is 0 Å². The van der Waals surface area contributed by atoms with Crippen molar-refractivity contribution in [2.75, 3.05) is 14.2 Å². The number of epoxide rings is 1. The fourth-order valence-corrected chi connectivity index (χ4v) is 1.58. The Labute approximate surface area is 95.1 Å². The normalized spacial score (nSPS) is 26.2. The minimum Gasteiger partial charge on any atom is -0.497 e. The average molecular weight is 224 g/mol. The molecule has 1 aromatic rings. The van der Waals surface area contributed by atoms with Crippen molar-refractivity contribution in [3.05, 3.63) is 24.3 Å². The van der Waals surface area contributed by atoms with Crippen LogP contribution >= 0.6 is 0 Å². The summed E-state index contributed by atoms with van der Waals surface area (Å²) >= 11 is 0. The summed E-state index contributed by atoms with van der Waals surface area (Å²) in [5.41, 5.74) is -0.415. The molecular formula is C12H16O4. The van der Waals surface area contributed by atoms with E-state index in [1.165, 1.54) is 0 Å². The highest BCUT2D eigenvalue weighted by atomic mass is 17.0. The first kappa shape index (κ1) is 11.2. The average Bonchev–Trinajstić information content (AvgIpc) is 2.82. The third-order valence-electron chi connectivity index (χ3n) is 2.67. The summed E-state index contributed by atoms with van der Waals surface area (Å²) in [6.45, 7) is 3.83. The summed E-state index contributed by atoms with van der Waals surface area (Å²) in [5.74, 6) is 0.518. The van der Waals surface area contributed by atoms with Crippen LogP contribution in [0.25, 0.3) is 0 Å². The van der Waals surface area contributed by atoms with E-state index in [1.54, 1.807) is 14.2 Å². The number of hydrogen-bond donors (Lipinski definition) is 0. The molecule has 1 saturated heterocycles. The van der Waals surface area contributed by atoms with Crippen LogP contribution in [0.3, 0.4) is 0 Å². The van der Waals surface area contributed by atoms with Gasteiger partial charge in [-0.05, 0) is 38.1 Å². The Balaban J connectivity index is 2.09. The summed E-state index contributed by atoms with van der Waals surface area (Å²) < 4.78 is 21.4. The maximum atomic E-state index is 5.68. The molecule has 1 unspecified atom stereocenters. The summed E-state index contributed by atoms with van der Waals surface area (Å²) in [7, 11) is 3.19. The summed E-state index contributed by atoms with van der Waals surface area (Å²) in [6.07, 6.45) is 0. The lowest BCUT2D eigenvalue weighted by atomic mass is 10.2. The minimum atomic E-state index is -0.957. The van der Waals surface area contributed by atoms with Crippen molar-refractivity contribution in [2.24, 2.45) is 0 Å². The van der Waals surface area contributed by atoms with Gasteiger partial charge in [-0.3, -0.25) is 4.74 Å². The van der Waals surface area contributed by atoms with Crippen LogP contribution in [-0.2, 0) is 9.47 Å². The quantitative estimate of drug-likeness (QED) is 0.580. The van der Waals surface area contributed by atoms with Crippen LogP contribution in [0.1, 0.15) is 13.8 Å². The Morgan fingerprint density at radius 1 is 1.00 bits per heavy atom. The topological polar surface area (TPSA) is 40.2 Å². The van der Waals surface area contributed by atoms with E-state index in [1.807, 2.05) is 38.1 Å². The Morgan fingerprint density at radius 2 is 1.50 bits per heavy atom. The van der Waals surface area contributed by atoms with Crippen molar-refractivity contribution in [2.45, 2.75) is 25.4 Å². The molecule has 2 rings (SSSR count). The van der Waals surface area contributed by atoms with Gasteiger partial charge in [-0.15, -0.1) is 0 Å². The van der Waals surface area contributed by atoms with Crippen LogP contribution in [0, 0.1) is 0 Å². The molecule has 1 aromatic carbocycles. The van der Waals surface area contributed by atoms with Crippen molar-refractivity contribution < 1.29 is 18.9 Å². The molecule has 1 heterocycles. The van der Waals surface area contributed by atoms with Gasteiger partial charge in [0.2, 0.25) is 0 Å². The molecule has 1 fully saturated rings. The highest BCUT2D eigenvalue weighted by molar-refractivity contribution is 5.31. The Morgan fingerprint density at radius 3 is 1.88 bits per heavy atom. The number of ether oxygens (including phenoxy) is 4. The highest BCUT2D eigenvalue weighted by Crippen LogP contribution is 2.49. The molecule has 0 bridgehead atoms. The molecular weight excluding hydrogens is 208 g/mol. The number of benzene rings is 1. The van der Waals surface area contributed by atoms with Crippen molar-refractivity contribution >= 4 is 0 Å². The first-order chi connectivity index (χ1) is 7.53. The van der Waals surface area contributed by atoms with Crippen LogP contribution in [0.15, 0.2) is 24.3 Å². The van der Waals surface area contributed by atoms with E-state index in [9.17, 15) is 0 Å². The van der Waals surface area contributed by atoms with Gasteiger partial charge in [0.1, 0.15) is 11.5 Å². The van der Waals surface area contributed by atoms with Gasteiger partial charge in [0, 0.05) is 7.11 Å². The minimum absolute atomic E-state index is 0.415. The van der Waals surface area contributed by atoms with E-state index in [0.29, 0.717) is 5.75 Å². The number of hydrogen-bond acceptors (Lipinski definition) is 4. The second-order valence-electron chi connectivity index (χ2n) is 4.15. The zero-order chi connectivity index (χ0) is 11.8. The van der Waals surface area contributed by atoms with E-state index in [0.717, 1.165) is 5.75 Å². The molecule has 1 aliphatic heterocycles. The molecule has 1 aliphatic rings. The van der Waals surface area contributed by atoms with Crippen molar-refractivity contribution in [3.8, 4) is 11.5 Å². The van der Waals surface area contributed by atoms with Crippen LogP contribution < -0.4 is 9.47 Å². The predicted octanol–water partition coefficient (Wildman–Crippen LogP) is 2.18. The number of rotatable bonds is 4. The van der Waals surface area contributed by atoms with Gasteiger partial charge < -0.3 is 14.2 Å². The van der Waals surface area contributed by atoms with Gasteiger partial charge in [-0.25, -0.2) is 0 Å². The van der Waals surface area contributed by atoms with Gasteiger partial charge in [-0.1, -0.05) is 0 Å². The Bertz CT molecular complexity index is 371. The maximum Gasteiger partial charge on any atom is 0.358 e. The largest absolute Gasteiger partial charge is 0.497 e.